The third kappa shape index (κ3) is 8.27. The standard InChI is InChI=1S/C13H26S2/c1-6-8-13(14-9-7-2)15-10-12(5)11(3)4/h13H,6-10H2,1-5H3. The second-order valence-corrected chi connectivity index (χ2v) is 6.98. The van der Waals surface area contributed by atoms with E-state index in [9.17, 15) is 0 Å². The smallest absolute Gasteiger partial charge is 0.0505 e. The zero-order valence-corrected chi connectivity index (χ0v) is 12.6. The van der Waals surface area contributed by atoms with E-state index < -0.39 is 0 Å². The molecule has 0 N–H and O–H groups in total. The van der Waals surface area contributed by atoms with Gasteiger partial charge < -0.3 is 0 Å². The molecule has 2 heteroatoms. The third-order valence-electron chi connectivity index (χ3n) is 2.37. The Labute approximate surface area is 105 Å². The van der Waals surface area contributed by atoms with Crippen molar-refractivity contribution >= 4 is 23.5 Å². The number of rotatable bonds is 8. The van der Waals surface area contributed by atoms with E-state index in [4.69, 9.17) is 0 Å². The van der Waals surface area contributed by atoms with E-state index in [0.29, 0.717) is 0 Å². The van der Waals surface area contributed by atoms with Crippen LogP contribution in [0, 0.1) is 0 Å². The van der Waals surface area contributed by atoms with Gasteiger partial charge in [-0.2, -0.15) is 0 Å². The number of allylic oxidation sites excluding steroid dienone is 1. The normalized spacial score (nSPS) is 12.6. The van der Waals surface area contributed by atoms with Crippen LogP contribution in [0.5, 0.6) is 0 Å². The van der Waals surface area contributed by atoms with Gasteiger partial charge in [0, 0.05) is 5.75 Å². The first-order valence-electron chi connectivity index (χ1n) is 5.97. The minimum Gasteiger partial charge on any atom is -0.148 e. The molecule has 0 saturated carbocycles. The number of thioether (sulfide) groups is 2. The average Bonchev–Trinajstić information content (AvgIpc) is 2.21. The minimum absolute atomic E-state index is 0.809. The molecule has 0 nitrogen and oxygen atoms in total. The molecule has 1 atom stereocenters. The van der Waals surface area contributed by atoms with Crippen LogP contribution in [0.25, 0.3) is 0 Å². The Kier molecular flexibility index (Phi) is 9.93. The zero-order chi connectivity index (χ0) is 11.7. The highest BCUT2D eigenvalue weighted by Crippen LogP contribution is 2.30. The summed E-state index contributed by atoms with van der Waals surface area (Å²) in [5.74, 6) is 2.52. The van der Waals surface area contributed by atoms with Crippen molar-refractivity contribution in [2.45, 2.75) is 58.5 Å². The van der Waals surface area contributed by atoms with Crippen LogP contribution in [0.3, 0.4) is 0 Å². The molecule has 0 amide bonds. The molecule has 0 bridgehead atoms. The molecular weight excluding hydrogens is 220 g/mol. The van der Waals surface area contributed by atoms with Gasteiger partial charge in [0.2, 0.25) is 0 Å². The predicted octanol–water partition coefficient (Wildman–Crippen LogP) is 5.35. The van der Waals surface area contributed by atoms with Crippen LogP contribution >= 0.6 is 23.5 Å². The molecule has 0 fully saturated rings. The van der Waals surface area contributed by atoms with Crippen molar-refractivity contribution < 1.29 is 0 Å². The summed E-state index contributed by atoms with van der Waals surface area (Å²) < 4.78 is 0.809. The summed E-state index contributed by atoms with van der Waals surface area (Å²) in [5.41, 5.74) is 3.04. The minimum atomic E-state index is 0.809. The van der Waals surface area contributed by atoms with Crippen LogP contribution in [-0.2, 0) is 0 Å². The predicted molar refractivity (Wildman–Crippen MR) is 78.0 cm³/mol. The molecule has 15 heavy (non-hydrogen) atoms. The lowest BCUT2D eigenvalue weighted by molar-refractivity contribution is 0.868. The lowest BCUT2D eigenvalue weighted by atomic mass is 10.2. The Morgan fingerprint density at radius 3 is 2.13 bits per heavy atom. The van der Waals surface area contributed by atoms with Crippen molar-refractivity contribution in [1.82, 2.24) is 0 Å². The van der Waals surface area contributed by atoms with E-state index in [1.807, 2.05) is 0 Å². The molecule has 0 aliphatic heterocycles. The van der Waals surface area contributed by atoms with Crippen LogP contribution in [-0.4, -0.2) is 16.1 Å². The summed E-state index contributed by atoms with van der Waals surface area (Å²) in [7, 11) is 0. The lowest BCUT2D eigenvalue weighted by Crippen LogP contribution is -2.00. The van der Waals surface area contributed by atoms with Gasteiger partial charge in [0.05, 0.1) is 4.58 Å². The van der Waals surface area contributed by atoms with Crippen molar-refractivity contribution in [3.05, 3.63) is 11.1 Å². The molecule has 0 heterocycles. The van der Waals surface area contributed by atoms with Crippen molar-refractivity contribution in [2.75, 3.05) is 11.5 Å². The van der Waals surface area contributed by atoms with Crippen molar-refractivity contribution in [3.8, 4) is 0 Å². The summed E-state index contributed by atoms with van der Waals surface area (Å²) in [5, 5.41) is 0. The maximum Gasteiger partial charge on any atom is 0.0505 e. The molecule has 0 radical (unpaired) electrons. The topological polar surface area (TPSA) is 0 Å². The Morgan fingerprint density at radius 1 is 1.00 bits per heavy atom. The quantitative estimate of drug-likeness (QED) is 0.418. The van der Waals surface area contributed by atoms with Crippen molar-refractivity contribution in [2.24, 2.45) is 0 Å². The summed E-state index contributed by atoms with van der Waals surface area (Å²) in [6, 6.07) is 0. The highest BCUT2D eigenvalue weighted by atomic mass is 32.2. The van der Waals surface area contributed by atoms with Gasteiger partial charge in [0.25, 0.3) is 0 Å². The van der Waals surface area contributed by atoms with Gasteiger partial charge in [0.15, 0.2) is 0 Å². The second kappa shape index (κ2) is 9.65. The van der Waals surface area contributed by atoms with Gasteiger partial charge in [0.1, 0.15) is 0 Å². The SMILES string of the molecule is CCCSC(CCC)SCC(C)=C(C)C. The van der Waals surface area contributed by atoms with Gasteiger partial charge in [-0.15, -0.1) is 23.5 Å². The van der Waals surface area contributed by atoms with Crippen LogP contribution in [0.1, 0.15) is 53.9 Å². The van der Waals surface area contributed by atoms with E-state index in [0.717, 1.165) is 4.58 Å². The maximum absolute atomic E-state index is 2.29. The lowest BCUT2D eigenvalue weighted by Gasteiger charge is -2.15. The number of hydrogen-bond donors (Lipinski definition) is 0. The second-order valence-electron chi connectivity index (χ2n) is 4.18. The van der Waals surface area contributed by atoms with Gasteiger partial charge in [-0.1, -0.05) is 31.4 Å². The third-order valence-corrected chi connectivity index (χ3v) is 5.65. The summed E-state index contributed by atoms with van der Waals surface area (Å²) in [4.78, 5) is 0. The molecule has 0 aliphatic carbocycles. The van der Waals surface area contributed by atoms with E-state index in [2.05, 4.69) is 58.1 Å². The maximum atomic E-state index is 2.29. The average molecular weight is 246 g/mol. The fourth-order valence-corrected chi connectivity index (χ4v) is 3.97. The Bertz CT molecular complexity index is 181. The van der Waals surface area contributed by atoms with Gasteiger partial charge >= 0.3 is 0 Å². The molecular formula is C13H26S2. The van der Waals surface area contributed by atoms with Crippen LogP contribution < -0.4 is 0 Å². The highest BCUT2D eigenvalue weighted by Gasteiger charge is 2.08. The molecule has 0 rings (SSSR count). The molecule has 0 aromatic rings. The Hall–Kier alpha value is 0.440. The molecule has 1 unspecified atom stereocenters. The zero-order valence-electron chi connectivity index (χ0n) is 10.9. The van der Waals surface area contributed by atoms with E-state index in [1.54, 1.807) is 5.57 Å². The molecule has 0 aliphatic rings. The van der Waals surface area contributed by atoms with Crippen LogP contribution in [0.15, 0.2) is 11.1 Å². The van der Waals surface area contributed by atoms with E-state index in [1.165, 1.54) is 36.3 Å². The monoisotopic (exact) mass is 246 g/mol. The van der Waals surface area contributed by atoms with Crippen LogP contribution in [0.2, 0.25) is 0 Å². The summed E-state index contributed by atoms with van der Waals surface area (Å²) >= 11 is 4.27. The molecule has 90 valence electrons. The molecule has 0 spiro atoms. The van der Waals surface area contributed by atoms with Crippen LogP contribution in [0.4, 0.5) is 0 Å². The first-order chi connectivity index (χ1) is 7.11. The van der Waals surface area contributed by atoms with Gasteiger partial charge in [-0.05, 0) is 39.4 Å². The Balaban J connectivity index is 3.89. The number of hydrogen-bond acceptors (Lipinski definition) is 2. The highest BCUT2D eigenvalue weighted by molar-refractivity contribution is 8.17. The fraction of sp³-hybridized carbons (Fsp3) is 0.846. The van der Waals surface area contributed by atoms with Gasteiger partial charge in [-0.25, -0.2) is 0 Å². The van der Waals surface area contributed by atoms with E-state index in [-0.39, 0.29) is 0 Å². The largest absolute Gasteiger partial charge is 0.148 e. The summed E-state index contributed by atoms with van der Waals surface area (Å²) in [6.07, 6.45) is 3.96. The Morgan fingerprint density at radius 2 is 1.67 bits per heavy atom. The molecule has 0 aromatic heterocycles. The van der Waals surface area contributed by atoms with Crippen molar-refractivity contribution in [3.63, 3.8) is 0 Å². The first kappa shape index (κ1) is 15.4. The van der Waals surface area contributed by atoms with Gasteiger partial charge in [-0.3, -0.25) is 0 Å². The molecule has 0 saturated heterocycles. The molecule has 0 aromatic carbocycles. The fourth-order valence-electron chi connectivity index (χ4n) is 1.06. The first-order valence-corrected chi connectivity index (χ1v) is 8.07. The van der Waals surface area contributed by atoms with Crippen molar-refractivity contribution in [1.29, 1.82) is 0 Å². The summed E-state index contributed by atoms with van der Waals surface area (Å²) in [6.45, 7) is 11.2. The van der Waals surface area contributed by atoms with E-state index >= 15 is 0 Å².